The summed E-state index contributed by atoms with van der Waals surface area (Å²) in [5.74, 6) is 0.223. The van der Waals surface area contributed by atoms with E-state index in [1.54, 1.807) is 12.3 Å². The molecule has 4 aromatic rings. The average molecular weight is 494 g/mol. The van der Waals surface area contributed by atoms with E-state index in [1.807, 2.05) is 60.0 Å². The number of nitrogens with zero attached hydrogens (tertiary/aromatic N) is 3. The van der Waals surface area contributed by atoms with Crippen LogP contribution < -0.4 is 10.6 Å². The standard InChI is InChI=1S/C27H26F3N5O/c1-17-13-19(7-10-22(17)26(36)34-20-8-9-20)23-15-32-25-24(31-12-11-27(28,29)30)33-21(16-35(23)25)14-18-5-3-2-4-6-18/h2-7,10,13,15-16,20H,8-9,11-12,14H2,1H3,(H,31,33)(H,34,36). The van der Waals surface area contributed by atoms with Gasteiger partial charge in [-0.15, -0.1) is 0 Å². The van der Waals surface area contributed by atoms with Crippen LogP contribution in [0.2, 0.25) is 0 Å². The molecule has 0 atom stereocenters. The number of aromatic nitrogens is 3. The summed E-state index contributed by atoms with van der Waals surface area (Å²) in [6.45, 7) is 1.59. The van der Waals surface area contributed by atoms with Gasteiger partial charge in [0, 0.05) is 36.3 Å². The highest BCUT2D eigenvalue weighted by Gasteiger charge is 2.27. The van der Waals surface area contributed by atoms with E-state index in [0.29, 0.717) is 29.1 Å². The Hall–Kier alpha value is -3.88. The number of alkyl halides is 3. The Morgan fingerprint density at radius 3 is 2.61 bits per heavy atom. The average Bonchev–Trinajstić information content (AvgIpc) is 3.54. The van der Waals surface area contributed by atoms with Crippen LogP contribution in [0.1, 0.15) is 46.4 Å². The van der Waals surface area contributed by atoms with E-state index in [1.165, 1.54) is 0 Å². The number of nitrogens with one attached hydrogen (secondary N) is 2. The smallest absolute Gasteiger partial charge is 0.367 e. The lowest BCUT2D eigenvalue weighted by molar-refractivity contribution is -0.131. The molecular weight excluding hydrogens is 467 g/mol. The predicted octanol–water partition coefficient (Wildman–Crippen LogP) is 5.55. The molecule has 0 unspecified atom stereocenters. The van der Waals surface area contributed by atoms with Crippen molar-refractivity contribution in [1.29, 1.82) is 0 Å². The molecule has 6 nitrogen and oxygen atoms in total. The van der Waals surface area contributed by atoms with Crippen LogP contribution in [0.3, 0.4) is 0 Å². The minimum Gasteiger partial charge on any atom is -0.367 e. The van der Waals surface area contributed by atoms with Crippen molar-refractivity contribution in [2.75, 3.05) is 11.9 Å². The number of fused-ring (bicyclic) bond motifs is 1. The van der Waals surface area contributed by atoms with Gasteiger partial charge in [0.15, 0.2) is 11.5 Å². The molecule has 1 amide bonds. The largest absolute Gasteiger partial charge is 0.390 e. The number of hydrogen-bond donors (Lipinski definition) is 2. The fourth-order valence-corrected chi connectivity index (χ4v) is 4.15. The Balaban J connectivity index is 1.50. The fourth-order valence-electron chi connectivity index (χ4n) is 4.15. The Kier molecular flexibility index (Phi) is 6.38. The Labute approximate surface area is 206 Å². The molecule has 1 aliphatic carbocycles. The van der Waals surface area contributed by atoms with E-state index >= 15 is 0 Å². The van der Waals surface area contributed by atoms with Gasteiger partial charge in [-0.1, -0.05) is 36.4 Å². The lowest BCUT2D eigenvalue weighted by atomic mass is 10.0. The van der Waals surface area contributed by atoms with Crippen LogP contribution in [0.4, 0.5) is 19.0 Å². The summed E-state index contributed by atoms with van der Waals surface area (Å²) >= 11 is 0. The predicted molar refractivity (Wildman–Crippen MR) is 132 cm³/mol. The van der Waals surface area contributed by atoms with E-state index < -0.39 is 12.6 Å². The summed E-state index contributed by atoms with van der Waals surface area (Å²) in [6.07, 6.45) is 0.853. The minimum absolute atomic E-state index is 0.0785. The number of carbonyl (C=O) groups excluding carboxylic acids is 1. The van der Waals surface area contributed by atoms with Crippen molar-refractivity contribution in [2.24, 2.45) is 0 Å². The second-order valence-electron chi connectivity index (χ2n) is 9.15. The third-order valence-corrected chi connectivity index (χ3v) is 6.15. The number of hydrogen-bond acceptors (Lipinski definition) is 4. The van der Waals surface area contributed by atoms with Crippen molar-refractivity contribution in [3.63, 3.8) is 0 Å². The van der Waals surface area contributed by atoms with Crippen LogP contribution in [0.15, 0.2) is 60.9 Å². The second kappa shape index (κ2) is 9.64. The fraction of sp³-hybridized carbons (Fsp3) is 0.296. The highest BCUT2D eigenvalue weighted by atomic mass is 19.4. The number of aryl methyl sites for hydroxylation is 1. The summed E-state index contributed by atoms with van der Waals surface area (Å²) in [7, 11) is 0. The van der Waals surface area contributed by atoms with Gasteiger partial charge in [0.05, 0.1) is 24.0 Å². The van der Waals surface area contributed by atoms with E-state index in [-0.39, 0.29) is 18.5 Å². The maximum Gasteiger partial charge on any atom is 0.390 e. The third kappa shape index (κ3) is 5.50. The number of benzene rings is 2. The topological polar surface area (TPSA) is 71.3 Å². The molecule has 1 saturated carbocycles. The molecule has 2 aromatic carbocycles. The molecule has 2 aromatic heterocycles. The van der Waals surface area contributed by atoms with Gasteiger partial charge in [-0.3, -0.25) is 9.20 Å². The van der Waals surface area contributed by atoms with E-state index in [9.17, 15) is 18.0 Å². The summed E-state index contributed by atoms with van der Waals surface area (Å²) < 4.78 is 40.1. The zero-order valence-electron chi connectivity index (χ0n) is 19.8. The zero-order valence-corrected chi connectivity index (χ0v) is 19.8. The number of carbonyl (C=O) groups is 1. The monoisotopic (exact) mass is 493 g/mol. The van der Waals surface area contributed by atoms with Crippen LogP contribution in [-0.4, -0.2) is 39.0 Å². The molecule has 36 heavy (non-hydrogen) atoms. The number of halogens is 3. The molecule has 9 heteroatoms. The van der Waals surface area contributed by atoms with Crippen LogP contribution in [0.25, 0.3) is 16.9 Å². The molecule has 0 aliphatic heterocycles. The highest BCUT2D eigenvalue weighted by Crippen LogP contribution is 2.28. The summed E-state index contributed by atoms with van der Waals surface area (Å²) in [6, 6.07) is 15.6. The normalized spacial score (nSPS) is 13.7. The maximum absolute atomic E-state index is 12.8. The Bertz CT molecular complexity index is 1390. The van der Waals surface area contributed by atoms with Crippen LogP contribution in [0, 0.1) is 6.92 Å². The van der Waals surface area contributed by atoms with Gasteiger partial charge in [-0.2, -0.15) is 13.2 Å². The molecule has 1 fully saturated rings. The second-order valence-corrected chi connectivity index (χ2v) is 9.15. The van der Waals surface area contributed by atoms with E-state index in [4.69, 9.17) is 0 Å². The van der Waals surface area contributed by atoms with Crippen molar-refractivity contribution in [1.82, 2.24) is 19.7 Å². The van der Waals surface area contributed by atoms with Gasteiger partial charge >= 0.3 is 6.18 Å². The molecule has 0 spiro atoms. The van der Waals surface area contributed by atoms with Crippen molar-refractivity contribution < 1.29 is 18.0 Å². The molecule has 186 valence electrons. The molecule has 2 heterocycles. The van der Waals surface area contributed by atoms with Crippen molar-refractivity contribution >= 4 is 17.4 Å². The Morgan fingerprint density at radius 2 is 1.92 bits per heavy atom. The van der Waals surface area contributed by atoms with Gasteiger partial charge in [-0.05, 0) is 43.0 Å². The molecule has 2 N–H and O–H groups in total. The van der Waals surface area contributed by atoms with Gasteiger partial charge in [0.2, 0.25) is 0 Å². The zero-order chi connectivity index (χ0) is 25.3. The van der Waals surface area contributed by atoms with E-state index in [2.05, 4.69) is 20.6 Å². The molecule has 5 rings (SSSR count). The molecule has 0 saturated heterocycles. The lowest BCUT2D eigenvalue weighted by Crippen LogP contribution is -2.26. The highest BCUT2D eigenvalue weighted by molar-refractivity contribution is 5.96. The molecular formula is C27H26F3N5O. The summed E-state index contributed by atoms with van der Waals surface area (Å²) in [5, 5.41) is 5.84. The van der Waals surface area contributed by atoms with Crippen LogP contribution in [0.5, 0.6) is 0 Å². The first-order chi connectivity index (χ1) is 17.3. The number of imidazole rings is 1. The quantitative estimate of drug-likeness (QED) is 0.338. The molecule has 1 aliphatic rings. The number of anilines is 1. The third-order valence-electron chi connectivity index (χ3n) is 6.15. The first-order valence-corrected chi connectivity index (χ1v) is 11.9. The van der Waals surface area contributed by atoms with Crippen molar-refractivity contribution in [3.8, 4) is 11.3 Å². The summed E-state index contributed by atoms with van der Waals surface area (Å²) in [4.78, 5) is 21.6. The van der Waals surface area contributed by atoms with Gasteiger partial charge in [0.25, 0.3) is 5.91 Å². The van der Waals surface area contributed by atoms with Crippen molar-refractivity contribution in [2.45, 2.75) is 44.8 Å². The number of amides is 1. The first-order valence-electron chi connectivity index (χ1n) is 11.9. The van der Waals surface area contributed by atoms with Crippen LogP contribution >= 0.6 is 0 Å². The van der Waals surface area contributed by atoms with Crippen LogP contribution in [-0.2, 0) is 6.42 Å². The van der Waals surface area contributed by atoms with Crippen molar-refractivity contribution in [3.05, 3.63) is 83.3 Å². The van der Waals surface area contributed by atoms with E-state index in [0.717, 1.165) is 35.2 Å². The maximum atomic E-state index is 12.8. The minimum atomic E-state index is -4.27. The Morgan fingerprint density at radius 1 is 1.14 bits per heavy atom. The lowest BCUT2D eigenvalue weighted by Gasteiger charge is -2.13. The molecule has 0 bridgehead atoms. The summed E-state index contributed by atoms with van der Waals surface area (Å²) in [5.41, 5.74) is 5.24. The van der Waals surface area contributed by atoms with Gasteiger partial charge in [0.1, 0.15) is 0 Å². The first kappa shape index (κ1) is 23.8. The van der Waals surface area contributed by atoms with Gasteiger partial charge < -0.3 is 10.6 Å². The molecule has 0 radical (unpaired) electrons. The van der Waals surface area contributed by atoms with Gasteiger partial charge in [-0.25, -0.2) is 9.97 Å². The number of rotatable bonds is 8. The SMILES string of the molecule is Cc1cc(-c2cnc3c(NCCC(F)(F)F)nc(Cc4ccccc4)cn23)ccc1C(=O)NC1CC1.